The number of ether oxygens (including phenoxy) is 3. The van der Waals surface area contributed by atoms with Gasteiger partial charge in [-0.15, -0.1) is 0 Å². The Morgan fingerprint density at radius 1 is 0.893 bits per heavy atom. The van der Waals surface area contributed by atoms with E-state index >= 15 is 0 Å². The lowest BCUT2D eigenvalue weighted by Gasteiger charge is -2.18. The molecule has 2 unspecified atom stereocenters. The van der Waals surface area contributed by atoms with Crippen LogP contribution in [0.25, 0.3) is 0 Å². The fraction of sp³-hybridized carbons (Fsp3) is 0.524. The number of methoxy groups -OCH3 is 3. The SMILES string of the molecule is COC(=O)CC(CC(CC(C)C(=O)OC)=Nc1c(C)cccc1C)C(=O)OC. The van der Waals surface area contributed by atoms with Crippen LogP contribution in [0.5, 0.6) is 0 Å². The van der Waals surface area contributed by atoms with Crippen molar-refractivity contribution in [2.45, 2.75) is 40.0 Å². The number of aryl methyl sites for hydroxylation is 2. The van der Waals surface area contributed by atoms with E-state index in [0.717, 1.165) is 16.8 Å². The third kappa shape index (κ3) is 6.79. The van der Waals surface area contributed by atoms with Gasteiger partial charge >= 0.3 is 17.9 Å². The van der Waals surface area contributed by atoms with Crippen LogP contribution in [0.4, 0.5) is 5.69 Å². The second-order valence-electron chi connectivity index (χ2n) is 6.75. The minimum atomic E-state index is -0.745. The Hall–Kier alpha value is -2.70. The van der Waals surface area contributed by atoms with Gasteiger partial charge in [0.25, 0.3) is 0 Å². The zero-order chi connectivity index (χ0) is 21.3. The largest absolute Gasteiger partial charge is 0.469 e. The van der Waals surface area contributed by atoms with Crippen LogP contribution >= 0.6 is 0 Å². The van der Waals surface area contributed by atoms with Crippen LogP contribution in [0.15, 0.2) is 23.2 Å². The lowest BCUT2D eigenvalue weighted by atomic mass is 9.93. The summed E-state index contributed by atoms with van der Waals surface area (Å²) in [5.74, 6) is -2.58. The van der Waals surface area contributed by atoms with E-state index in [-0.39, 0.29) is 18.8 Å². The van der Waals surface area contributed by atoms with Gasteiger partial charge in [-0.2, -0.15) is 0 Å². The lowest BCUT2D eigenvalue weighted by Crippen LogP contribution is -2.25. The molecule has 0 bridgehead atoms. The molecular formula is C21H29NO6. The molecule has 1 rings (SSSR count). The molecule has 0 radical (unpaired) electrons. The molecule has 1 aromatic carbocycles. The van der Waals surface area contributed by atoms with E-state index in [1.807, 2.05) is 32.0 Å². The average Bonchev–Trinajstić information content (AvgIpc) is 2.68. The monoisotopic (exact) mass is 391 g/mol. The highest BCUT2D eigenvalue weighted by molar-refractivity contribution is 5.94. The van der Waals surface area contributed by atoms with Crippen molar-refractivity contribution in [3.63, 3.8) is 0 Å². The molecule has 0 aromatic heterocycles. The molecule has 0 N–H and O–H groups in total. The third-order valence-corrected chi connectivity index (χ3v) is 4.51. The Balaban J connectivity index is 3.28. The Kier molecular flexibility index (Phi) is 9.35. The van der Waals surface area contributed by atoms with Gasteiger partial charge in [-0.3, -0.25) is 19.4 Å². The van der Waals surface area contributed by atoms with E-state index < -0.39 is 23.8 Å². The molecule has 154 valence electrons. The summed E-state index contributed by atoms with van der Waals surface area (Å²) < 4.78 is 14.3. The summed E-state index contributed by atoms with van der Waals surface area (Å²) in [6.45, 7) is 5.62. The highest BCUT2D eigenvalue weighted by Crippen LogP contribution is 2.26. The first-order chi connectivity index (χ1) is 13.2. The molecular weight excluding hydrogens is 362 g/mol. The summed E-state index contributed by atoms with van der Waals surface area (Å²) in [6, 6.07) is 5.83. The zero-order valence-corrected chi connectivity index (χ0v) is 17.4. The molecule has 0 heterocycles. The molecule has 28 heavy (non-hydrogen) atoms. The van der Waals surface area contributed by atoms with Gasteiger partial charge in [0.2, 0.25) is 0 Å². The molecule has 0 saturated heterocycles. The molecule has 0 spiro atoms. The fourth-order valence-corrected chi connectivity index (χ4v) is 2.93. The van der Waals surface area contributed by atoms with Gasteiger partial charge in [0.15, 0.2) is 0 Å². The van der Waals surface area contributed by atoms with Crippen LogP contribution in [0, 0.1) is 25.7 Å². The highest BCUT2D eigenvalue weighted by atomic mass is 16.5. The minimum absolute atomic E-state index is 0.123. The van der Waals surface area contributed by atoms with E-state index in [2.05, 4.69) is 4.74 Å². The van der Waals surface area contributed by atoms with E-state index in [1.165, 1.54) is 21.3 Å². The van der Waals surface area contributed by atoms with Crippen molar-refractivity contribution in [2.75, 3.05) is 21.3 Å². The third-order valence-electron chi connectivity index (χ3n) is 4.51. The van der Waals surface area contributed by atoms with Crippen molar-refractivity contribution in [2.24, 2.45) is 16.8 Å². The molecule has 0 aliphatic rings. The van der Waals surface area contributed by atoms with Crippen LogP contribution in [-0.2, 0) is 28.6 Å². The van der Waals surface area contributed by atoms with Crippen molar-refractivity contribution in [1.82, 2.24) is 0 Å². The van der Waals surface area contributed by atoms with Gasteiger partial charge in [-0.25, -0.2) is 0 Å². The summed E-state index contributed by atoms with van der Waals surface area (Å²) in [5.41, 5.74) is 3.36. The smallest absolute Gasteiger partial charge is 0.309 e. The van der Waals surface area contributed by atoms with Crippen LogP contribution < -0.4 is 0 Å². The maximum absolute atomic E-state index is 12.2. The lowest BCUT2D eigenvalue weighted by molar-refractivity contribution is -0.151. The summed E-state index contributed by atoms with van der Waals surface area (Å²) in [7, 11) is 3.86. The number of esters is 3. The summed E-state index contributed by atoms with van der Waals surface area (Å²) in [4.78, 5) is 40.6. The van der Waals surface area contributed by atoms with Gasteiger partial charge in [-0.1, -0.05) is 25.1 Å². The van der Waals surface area contributed by atoms with Crippen LogP contribution in [-0.4, -0.2) is 44.9 Å². The summed E-state index contributed by atoms with van der Waals surface area (Å²) in [6.07, 6.45) is 0.355. The van der Waals surface area contributed by atoms with E-state index in [0.29, 0.717) is 12.1 Å². The van der Waals surface area contributed by atoms with Gasteiger partial charge in [0.1, 0.15) is 0 Å². The molecule has 0 aliphatic heterocycles. The van der Waals surface area contributed by atoms with Crippen molar-refractivity contribution in [3.05, 3.63) is 29.3 Å². The van der Waals surface area contributed by atoms with Crippen LogP contribution in [0.1, 0.15) is 37.3 Å². The number of rotatable bonds is 9. The van der Waals surface area contributed by atoms with Crippen molar-refractivity contribution in [3.8, 4) is 0 Å². The summed E-state index contributed by atoms with van der Waals surface area (Å²) in [5, 5.41) is 0. The number of carbonyl (C=O) groups is 3. The standard InChI is InChI=1S/C21H29NO6/c1-13-8-7-9-14(2)19(13)22-17(10-15(3)20(24)27-5)11-16(21(25)28-6)12-18(23)26-4/h7-9,15-16H,10-12H2,1-6H3. The van der Waals surface area contributed by atoms with Gasteiger partial charge in [0.05, 0.1) is 45.3 Å². The normalized spacial score (nSPS) is 13.4. The first-order valence-corrected chi connectivity index (χ1v) is 9.08. The molecule has 1 aromatic rings. The van der Waals surface area contributed by atoms with Crippen LogP contribution in [0.2, 0.25) is 0 Å². The minimum Gasteiger partial charge on any atom is -0.469 e. The first-order valence-electron chi connectivity index (χ1n) is 9.08. The second-order valence-corrected chi connectivity index (χ2v) is 6.75. The molecule has 7 nitrogen and oxygen atoms in total. The number of carbonyl (C=O) groups excluding carboxylic acids is 3. The first kappa shape index (κ1) is 23.3. The maximum Gasteiger partial charge on any atom is 0.309 e. The second kappa shape index (κ2) is 11.2. The number of para-hydroxylation sites is 1. The maximum atomic E-state index is 12.2. The number of hydrogen-bond donors (Lipinski definition) is 0. The quantitative estimate of drug-likeness (QED) is 0.364. The topological polar surface area (TPSA) is 91.3 Å². The van der Waals surface area contributed by atoms with E-state index in [4.69, 9.17) is 14.5 Å². The molecule has 0 saturated carbocycles. The number of benzene rings is 1. The van der Waals surface area contributed by atoms with Crippen molar-refractivity contribution >= 4 is 29.3 Å². The van der Waals surface area contributed by atoms with Crippen molar-refractivity contribution < 1.29 is 28.6 Å². The highest BCUT2D eigenvalue weighted by Gasteiger charge is 2.27. The van der Waals surface area contributed by atoms with Gasteiger partial charge < -0.3 is 14.2 Å². The van der Waals surface area contributed by atoms with E-state index in [1.54, 1.807) is 6.92 Å². The number of aliphatic imine (C=N–C) groups is 1. The average molecular weight is 391 g/mol. The van der Waals surface area contributed by atoms with Gasteiger partial charge in [-0.05, 0) is 37.8 Å². The predicted octanol–water partition coefficient (Wildman–Crippen LogP) is 3.32. The molecule has 2 atom stereocenters. The Labute approximate surface area is 166 Å². The van der Waals surface area contributed by atoms with Crippen LogP contribution in [0.3, 0.4) is 0 Å². The van der Waals surface area contributed by atoms with E-state index in [9.17, 15) is 14.4 Å². The molecule has 0 amide bonds. The number of hydrogen-bond acceptors (Lipinski definition) is 7. The zero-order valence-electron chi connectivity index (χ0n) is 17.4. The Morgan fingerprint density at radius 3 is 1.96 bits per heavy atom. The summed E-state index contributed by atoms with van der Waals surface area (Å²) >= 11 is 0. The molecule has 7 heteroatoms. The molecule has 0 fully saturated rings. The Morgan fingerprint density at radius 2 is 1.46 bits per heavy atom. The fourth-order valence-electron chi connectivity index (χ4n) is 2.93. The van der Waals surface area contributed by atoms with Crippen molar-refractivity contribution in [1.29, 1.82) is 0 Å². The van der Waals surface area contributed by atoms with Gasteiger partial charge in [0, 0.05) is 5.71 Å². The number of nitrogens with zero attached hydrogens (tertiary/aromatic N) is 1. The predicted molar refractivity (Wildman–Crippen MR) is 106 cm³/mol. The molecule has 0 aliphatic carbocycles. The Bertz CT molecular complexity index is 720.